The van der Waals surface area contributed by atoms with E-state index in [0.717, 1.165) is 13.0 Å². The van der Waals surface area contributed by atoms with Crippen LogP contribution in [0.1, 0.15) is 38.3 Å². The normalized spacial score (nSPS) is 12.9. The average molecular weight is 253 g/mol. The van der Waals surface area contributed by atoms with E-state index >= 15 is 0 Å². The molecule has 0 aliphatic heterocycles. The molecule has 0 spiro atoms. The first kappa shape index (κ1) is 15.1. The zero-order chi connectivity index (χ0) is 13.4. The van der Waals surface area contributed by atoms with Crippen molar-refractivity contribution in [2.75, 3.05) is 20.3 Å². The zero-order valence-corrected chi connectivity index (χ0v) is 11.6. The average Bonchev–Trinajstić information content (AvgIpc) is 2.35. The van der Waals surface area contributed by atoms with E-state index < -0.39 is 0 Å². The van der Waals surface area contributed by atoms with Gasteiger partial charge in [-0.25, -0.2) is 4.39 Å². The van der Waals surface area contributed by atoms with Crippen molar-refractivity contribution < 1.29 is 9.13 Å². The maximum atomic E-state index is 13.6. The molecule has 0 aliphatic rings. The molecule has 2 nitrogen and oxygen atoms in total. The first-order valence-corrected chi connectivity index (χ1v) is 6.64. The van der Waals surface area contributed by atoms with Crippen LogP contribution in [-0.4, -0.2) is 20.3 Å². The van der Waals surface area contributed by atoms with Crippen LogP contribution in [-0.2, 0) is 4.74 Å². The fourth-order valence-electron chi connectivity index (χ4n) is 1.88. The van der Waals surface area contributed by atoms with Gasteiger partial charge >= 0.3 is 0 Å². The summed E-state index contributed by atoms with van der Waals surface area (Å²) in [6, 6.07) is 6.76. The van der Waals surface area contributed by atoms with Crippen molar-refractivity contribution >= 4 is 0 Å². The predicted octanol–water partition coefficient (Wildman–Crippen LogP) is 3.54. The Morgan fingerprint density at radius 3 is 2.61 bits per heavy atom. The maximum Gasteiger partial charge on any atom is 0.128 e. The van der Waals surface area contributed by atoms with E-state index in [4.69, 9.17) is 4.74 Å². The molecule has 1 rings (SSSR count). The smallest absolute Gasteiger partial charge is 0.128 e. The van der Waals surface area contributed by atoms with Gasteiger partial charge < -0.3 is 10.1 Å². The molecule has 1 unspecified atom stereocenters. The lowest BCUT2D eigenvalue weighted by Crippen LogP contribution is -2.23. The topological polar surface area (TPSA) is 21.3 Å². The lowest BCUT2D eigenvalue weighted by molar-refractivity contribution is 0.107. The molecule has 0 saturated heterocycles. The maximum absolute atomic E-state index is 13.6. The highest BCUT2D eigenvalue weighted by Crippen LogP contribution is 2.17. The molecule has 1 aromatic rings. The summed E-state index contributed by atoms with van der Waals surface area (Å²) in [5.74, 6) is 0.530. The number of benzene rings is 1. The van der Waals surface area contributed by atoms with Crippen LogP contribution in [0.25, 0.3) is 0 Å². The van der Waals surface area contributed by atoms with Gasteiger partial charge in [0.15, 0.2) is 0 Å². The Balaban J connectivity index is 2.36. The largest absolute Gasteiger partial charge is 0.379 e. The van der Waals surface area contributed by atoms with Gasteiger partial charge in [0.2, 0.25) is 0 Å². The molecule has 0 radical (unpaired) electrons. The number of likely N-dealkylation sites (N-methyl/N-ethyl adjacent to an activating group) is 1. The Bertz CT molecular complexity index is 341. The molecule has 0 aliphatic carbocycles. The van der Waals surface area contributed by atoms with Gasteiger partial charge in [0, 0.05) is 12.2 Å². The van der Waals surface area contributed by atoms with Crippen LogP contribution in [0.2, 0.25) is 0 Å². The fraction of sp³-hybridized carbons (Fsp3) is 0.600. The molecule has 18 heavy (non-hydrogen) atoms. The second-order valence-corrected chi connectivity index (χ2v) is 4.97. The van der Waals surface area contributed by atoms with Crippen LogP contribution in [0.4, 0.5) is 4.39 Å². The number of halogens is 1. The van der Waals surface area contributed by atoms with E-state index in [0.29, 0.717) is 18.1 Å². The van der Waals surface area contributed by atoms with Gasteiger partial charge in [0.25, 0.3) is 0 Å². The second kappa shape index (κ2) is 8.22. The molecular weight excluding hydrogens is 229 g/mol. The molecule has 0 saturated carbocycles. The number of nitrogens with one attached hydrogen (secondary N) is 1. The monoisotopic (exact) mass is 253 g/mol. The number of rotatable bonds is 8. The number of hydrogen-bond donors (Lipinski definition) is 1. The lowest BCUT2D eigenvalue weighted by atomic mass is 10.1. The highest BCUT2D eigenvalue weighted by molar-refractivity contribution is 5.21. The van der Waals surface area contributed by atoms with Crippen LogP contribution in [0, 0.1) is 11.7 Å². The molecule has 0 amide bonds. The SMILES string of the molecule is CNC(COCCCC(C)C)c1ccccc1F. The minimum absolute atomic E-state index is 0.0785. The molecule has 0 fully saturated rings. The first-order valence-electron chi connectivity index (χ1n) is 6.64. The van der Waals surface area contributed by atoms with E-state index in [1.54, 1.807) is 12.1 Å². The van der Waals surface area contributed by atoms with E-state index in [1.165, 1.54) is 12.5 Å². The van der Waals surface area contributed by atoms with Crippen LogP contribution in [0.15, 0.2) is 24.3 Å². The molecule has 3 heteroatoms. The summed E-state index contributed by atoms with van der Waals surface area (Å²) in [6.45, 7) is 5.66. The molecule has 0 bridgehead atoms. The van der Waals surface area contributed by atoms with Crippen molar-refractivity contribution in [3.63, 3.8) is 0 Å². The lowest BCUT2D eigenvalue weighted by Gasteiger charge is -2.17. The summed E-state index contributed by atoms with van der Waals surface area (Å²) < 4.78 is 19.2. The highest BCUT2D eigenvalue weighted by atomic mass is 19.1. The molecule has 0 aromatic heterocycles. The first-order chi connectivity index (χ1) is 8.65. The Labute approximate surface area is 110 Å². The Kier molecular flexibility index (Phi) is 6.91. The van der Waals surface area contributed by atoms with Crippen molar-refractivity contribution in [2.24, 2.45) is 5.92 Å². The van der Waals surface area contributed by atoms with Gasteiger partial charge in [-0.15, -0.1) is 0 Å². The quantitative estimate of drug-likeness (QED) is 0.715. The molecular formula is C15H24FNO. The van der Waals surface area contributed by atoms with E-state index in [-0.39, 0.29) is 11.9 Å². The Hall–Kier alpha value is -0.930. The summed E-state index contributed by atoms with van der Waals surface area (Å²) >= 11 is 0. The van der Waals surface area contributed by atoms with Gasteiger partial charge in [-0.05, 0) is 31.9 Å². The molecule has 1 atom stereocenters. The highest BCUT2D eigenvalue weighted by Gasteiger charge is 2.13. The van der Waals surface area contributed by atoms with E-state index in [9.17, 15) is 4.39 Å². The third kappa shape index (κ3) is 5.15. The molecule has 102 valence electrons. The molecule has 1 aromatic carbocycles. The summed E-state index contributed by atoms with van der Waals surface area (Å²) in [6.07, 6.45) is 2.23. The van der Waals surface area contributed by atoms with Crippen molar-refractivity contribution in [1.29, 1.82) is 0 Å². The predicted molar refractivity (Wildman–Crippen MR) is 73.1 cm³/mol. The summed E-state index contributed by atoms with van der Waals surface area (Å²) in [4.78, 5) is 0. The minimum atomic E-state index is -0.178. The van der Waals surface area contributed by atoms with Crippen molar-refractivity contribution in [3.05, 3.63) is 35.6 Å². The minimum Gasteiger partial charge on any atom is -0.379 e. The third-order valence-electron chi connectivity index (χ3n) is 2.98. The Morgan fingerprint density at radius 2 is 2.00 bits per heavy atom. The van der Waals surface area contributed by atoms with Gasteiger partial charge in [-0.2, -0.15) is 0 Å². The van der Waals surface area contributed by atoms with E-state index in [2.05, 4.69) is 19.2 Å². The van der Waals surface area contributed by atoms with Gasteiger partial charge in [0.05, 0.1) is 12.6 Å². The third-order valence-corrected chi connectivity index (χ3v) is 2.98. The van der Waals surface area contributed by atoms with Crippen LogP contribution >= 0.6 is 0 Å². The van der Waals surface area contributed by atoms with Crippen molar-refractivity contribution in [1.82, 2.24) is 5.32 Å². The number of ether oxygens (including phenoxy) is 1. The fourth-order valence-corrected chi connectivity index (χ4v) is 1.88. The Morgan fingerprint density at radius 1 is 1.28 bits per heavy atom. The molecule has 0 heterocycles. The zero-order valence-electron chi connectivity index (χ0n) is 11.6. The van der Waals surface area contributed by atoms with Gasteiger partial charge in [-0.1, -0.05) is 32.0 Å². The van der Waals surface area contributed by atoms with Crippen LogP contribution in [0.3, 0.4) is 0 Å². The standard InChI is InChI=1S/C15H24FNO/c1-12(2)7-6-10-18-11-15(17-3)13-8-4-5-9-14(13)16/h4-5,8-9,12,15,17H,6-7,10-11H2,1-3H3. The summed E-state index contributed by atoms with van der Waals surface area (Å²) in [7, 11) is 1.83. The van der Waals surface area contributed by atoms with E-state index in [1.807, 2.05) is 13.1 Å². The summed E-state index contributed by atoms with van der Waals surface area (Å²) in [5, 5.41) is 3.09. The van der Waals surface area contributed by atoms with Gasteiger partial charge in [-0.3, -0.25) is 0 Å². The van der Waals surface area contributed by atoms with Gasteiger partial charge in [0.1, 0.15) is 5.82 Å². The van der Waals surface area contributed by atoms with Crippen LogP contribution in [0.5, 0.6) is 0 Å². The van der Waals surface area contributed by atoms with Crippen molar-refractivity contribution in [3.8, 4) is 0 Å². The number of hydrogen-bond acceptors (Lipinski definition) is 2. The summed E-state index contributed by atoms with van der Waals surface area (Å²) in [5.41, 5.74) is 0.670. The van der Waals surface area contributed by atoms with Crippen LogP contribution < -0.4 is 5.32 Å². The molecule has 1 N–H and O–H groups in total. The second-order valence-electron chi connectivity index (χ2n) is 4.97. The van der Waals surface area contributed by atoms with Crippen molar-refractivity contribution in [2.45, 2.75) is 32.7 Å².